The number of hydrogen-bond acceptors (Lipinski definition) is 3. The molecule has 0 radical (unpaired) electrons. The minimum atomic E-state index is -0.276. The smallest absolute Gasteiger partial charge is 0.234 e. The van der Waals surface area contributed by atoms with Gasteiger partial charge < -0.3 is 16.4 Å². The van der Waals surface area contributed by atoms with Crippen LogP contribution in [0.4, 0.5) is 0 Å². The van der Waals surface area contributed by atoms with Gasteiger partial charge in [0.1, 0.15) is 0 Å². The summed E-state index contributed by atoms with van der Waals surface area (Å²) in [5, 5.41) is 6.25. The van der Waals surface area contributed by atoms with Gasteiger partial charge in [0.15, 0.2) is 0 Å². The lowest BCUT2D eigenvalue weighted by Crippen LogP contribution is -2.45. The van der Waals surface area contributed by atoms with Crippen LogP contribution in [0.15, 0.2) is 12.7 Å². The largest absolute Gasteiger partial charge is 0.368 e. The molecular weight excluding hydrogens is 190 g/mol. The number of carbonyl (C=O) groups is 1. The number of amides is 1. The first-order chi connectivity index (χ1) is 7.11. The van der Waals surface area contributed by atoms with E-state index in [9.17, 15) is 4.79 Å². The molecular formula is C11H23N3O. The van der Waals surface area contributed by atoms with Gasteiger partial charge in [0.2, 0.25) is 5.91 Å². The van der Waals surface area contributed by atoms with Gasteiger partial charge in [-0.25, -0.2) is 0 Å². The molecule has 0 aliphatic rings. The van der Waals surface area contributed by atoms with E-state index in [2.05, 4.69) is 17.2 Å². The van der Waals surface area contributed by atoms with Crippen LogP contribution < -0.4 is 16.4 Å². The molecule has 0 rings (SSSR count). The molecule has 0 aromatic heterocycles. The lowest BCUT2D eigenvalue weighted by molar-refractivity contribution is -0.120. The second-order valence-corrected chi connectivity index (χ2v) is 3.79. The standard InChI is InChI=1S/C11H23N3O/c1-4-6-9(2)14-10(11(12)15)7-5-8-13-3/h4,9-10,13-14H,1,5-8H2,2-3H3,(H2,12,15)/t9?,10-/m0/s1. The van der Waals surface area contributed by atoms with E-state index in [1.165, 1.54) is 0 Å². The first-order valence-electron chi connectivity index (χ1n) is 5.42. The van der Waals surface area contributed by atoms with Crippen molar-refractivity contribution < 1.29 is 4.79 Å². The van der Waals surface area contributed by atoms with Gasteiger partial charge in [-0.15, -0.1) is 6.58 Å². The van der Waals surface area contributed by atoms with Crippen LogP contribution in [-0.4, -0.2) is 31.6 Å². The third kappa shape index (κ3) is 7.11. The highest BCUT2D eigenvalue weighted by atomic mass is 16.1. The van der Waals surface area contributed by atoms with Gasteiger partial charge in [0.25, 0.3) is 0 Å². The molecule has 4 nitrogen and oxygen atoms in total. The Labute approximate surface area is 92.3 Å². The molecule has 88 valence electrons. The van der Waals surface area contributed by atoms with Crippen LogP contribution in [0.1, 0.15) is 26.2 Å². The highest BCUT2D eigenvalue weighted by Crippen LogP contribution is 2.00. The van der Waals surface area contributed by atoms with Crippen molar-refractivity contribution in [1.29, 1.82) is 0 Å². The van der Waals surface area contributed by atoms with Gasteiger partial charge in [0.05, 0.1) is 6.04 Å². The van der Waals surface area contributed by atoms with Gasteiger partial charge in [-0.1, -0.05) is 6.08 Å². The van der Waals surface area contributed by atoms with Crippen LogP contribution in [0.3, 0.4) is 0 Å². The number of nitrogens with one attached hydrogen (secondary N) is 2. The Bertz CT molecular complexity index is 194. The molecule has 15 heavy (non-hydrogen) atoms. The van der Waals surface area contributed by atoms with E-state index < -0.39 is 0 Å². The van der Waals surface area contributed by atoms with Crippen molar-refractivity contribution in [2.24, 2.45) is 5.73 Å². The highest BCUT2D eigenvalue weighted by Gasteiger charge is 2.16. The molecule has 2 atom stereocenters. The molecule has 0 bridgehead atoms. The normalized spacial score (nSPS) is 14.5. The van der Waals surface area contributed by atoms with Crippen molar-refractivity contribution >= 4 is 5.91 Å². The molecule has 0 aliphatic carbocycles. The van der Waals surface area contributed by atoms with Gasteiger partial charge >= 0.3 is 0 Å². The number of rotatable bonds is 9. The lowest BCUT2D eigenvalue weighted by Gasteiger charge is -2.19. The number of hydrogen-bond donors (Lipinski definition) is 3. The van der Waals surface area contributed by atoms with E-state index in [-0.39, 0.29) is 18.0 Å². The maximum atomic E-state index is 11.1. The SMILES string of the molecule is C=CCC(C)N[C@@H](CCCNC)C(N)=O. The lowest BCUT2D eigenvalue weighted by atomic mass is 10.1. The first kappa shape index (κ1) is 14.1. The summed E-state index contributed by atoms with van der Waals surface area (Å²) in [6.07, 6.45) is 4.40. The maximum Gasteiger partial charge on any atom is 0.234 e. The zero-order valence-corrected chi connectivity index (χ0v) is 9.75. The fourth-order valence-electron chi connectivity index (χ4n) is 1.45. The van der Waals surface area contributed by atoms with Crippen molar-refractivity contribution in [2.45, 2.75) is 38.3 Å². The average Bonchev–Trinajstić information content (AvgIpc) is 2.16. The Kier molecular flexibility index (Phi) is 7.95. The molecule has 0 fully saturated rings. The second-order valence-electron chi connectivity index (χ2n) is 3.79. The quantitative estimate of drug-likeness (QED) is 0.383. The van der Waals surface area contributed by atoms with E-state index in [1.54, 1.807) is 0 Å². The van der Waals surface area contributed by atoms with E-state index >= 15 is 0 Å². The minimum Gasteiger partial charge on any atom is -0.368 e. The summed E-state index contributed by atoms with van der Waals surface area (Å²) in [4.78, 5) is 11.1. The summed E-state index contributed by atoms with van der Waals surface area (Å²) in [6, 6.07) is 0.0166. The Hall–Kier alpha value is -0.870. The van der Waals surface area contributed by atoms with Gasteiger partial charge in [0, 0.05) is 6.04 Å². The third-order valence-corrected chi connectivity index (χ3v) is 2.27. The molecule has 0 spiro atoms. The van der Waals surface area contributed by atoms with Gasteiger partial charge in [-0.3, -0.25) is 4.79 Å². The summed E-state index contributed by atoms with van der Waals surface area (Å²) in [7, 11) is 1.90. The summed E-state index contributed by atoms with van der Waals surface area (Å²) in [5.41, 5.74) is 5.32. The molecule has 0 aromatic carbocycles. The van der Waals surface area contributed by atoms with Crippen LogP contribution in [0.2, 0.25) is 0 Å². The van der Waals surface area contributed by atoms with Crippen LogP contribution in [0, 0.1) is 0 Å². The van der Waals surface area contributed by atoms with Crippen LogP contribution in [0.25, 0.3) is 0 Å². The van der Waals surface area contributed by atoms with Crippen LogP contribution in [0.5, 0.6) is 0 Å². The van der Waals surface area contributed by atoms with Crippen LogP contribution >= 0.6 is 0 Å². The number of primary amides is 1. The van der Waals surface area contributed by atoms with Crippen molar-refractivity contribution in [3.8, 4) is 0 Å². The van der Waals surface area contributed by atoms with E-state index in [4.69, 9.17) is 5.73 Å². The fourth-order valence-corrected chi connectivity index (χ4v) is 1.45. The fraction of sp³-hybridized carbons (Fsp3) is 0.727. The van der Waals surface area contributed by atoms with Crippen molar-refractivity contribution in [3.63, 3.8) is 0 Å². The summed E-state index contributed by atoms with van der Waals surface area (Å²) < 4.78 is 0. The highest BCUT2D eigenvalue weighted by molar-refractivity contribution is 5.79. The van der Waals surface area contributed by atoms with Crippen molar-refractivity contribution in [1.82, 2.24) is 10.6 Å². The van der Waals surface area contributed by atoms with Crippen LogP contribution in [-0.2, 0) is 4.79 Å². The molecule has 0 aromatic rings. The summed E-state index contributed by atoms with van der Waals surface area (Å²) in [6.45, 7) is 6.59. The molecule has 4 heteroatoms. The predicted molar refractivity (Wildman–Crippen MR) is 63.6 cm³/mol. The summed E-state index contributed by atoms with van der Waals surface area (Å²) >= 11 is 0. The van der Waals surface area contributed by atoms with E-state index in [0.717, 1.165) is 25.8 Å². The molecule has 0 aliphatic heterocycles. The maximum absolute atomic E-state index is 11.1. The van der Waals surface area contributed by atoms with Gasteiger partial charge in [-0.05, 0) is 39.8 Å². The third-order valence-electron chi connectivity index (χ3n) is 2.27. The Balaban J connectivity index is 3.92. The first-order valence-corrected chi connectivity index (χ1v) is 5.42. The zero-order chi connectivity index (χ0) is 11.7. The molecule has 1 amide bonds. The topological polar surface area (TPSA) is 67.2 Å². The number of nitrogens with two attached hydrogens (primary N) is 1. The predicted octanol–water partition coefficient (Wildman–Crippen LogP) is 0.394. The number of carbonyl (C=O) groups excluding carboxylic acids is 1. The average molecular weight is 213 g/mol. The molecule has 0 heterocycles. The Morgan fingerprint density at radius 2 is 2.27 bits per heavy atom. The summed E-state index contributed by atoms with van der Waals surface area (Å²) in [5.74, 6) is -0.276. The minimum absolute atomic E-state index is 0.228. The molecule has 4 N–H and O–H groups in total. The molecule has 0 saturated heterocycles. The Morgan fingerprint density at radius 3 is 2.73 bits per heavy atom. The second kappa shape index (κ2) is 8.44. The van der Waals surface area contributed by atoms with Gasteiger partial charge in [-0.2, -0.15) is 0 Å². The molecule has 0 saturated carbocycles. The van der Waals surface area contributed by atoms with Crippen molar-refractivity contribution in [2.75, 3.05) is 13.6 Å². The molecule has 1 unspecified atom stereocenters. The zero-order valence-electron chi connectivity index (χ0n) is 9.75. The monoisotopic (exact) mass is 213 g/mol. The van der Waals surface area contributed by atoms with Crippen molar-refractivity contribution in [3.05, 3.63) is 12.7 Å². The Morgan fingerprint density at radius 1 is 1.60 bits per heavy atom. The van der Waals surface area contributed by atoms with E-state index in [1.807, 2.05) is 20.0 Å². The van der Waals surface area contributed by atoms with E-state index in [0.29, 0.717) is 0 Å².